The van der Waals surface area contributed by atoms with E-state index in [0.29, 0.717) is 30.1 Å². The van der Waals surface area contributed by atoms with Gasteiger partial charge in [0, 0.05) is 47.4 Å². The molecule has 3 amide bonds. The fourth-order valence-corrected chi connectivity index (χ4v) is 5.09. The van der Waals surface area contributed by atoms with E-state index < -0.39 is 5.60 Å². The minimum atomic E-state index is -0.552. The Labute approximate surface area is 191 Å². The van der Waals surface area contributed by atoms with Gasteiger partial charge in [0.1, 0.15) is 10.5 Å². The first-order valence-corrected chi connectivity index (χ1v) is 11.8. The number of amides is 3. The number of carbonyl (C=O) groups excluding carboxylic acids is 3. The van der Waals surface area contributed by atoms with Gasteiger partial charge in [0.25, 0.3) is 11.8 Å². The third kappa shape index (κ3) is 4.82. The molecule has 1 aromatic carbocycles. The van der Waals surface area contributed by atoms with Crippen molar-refractivity contribution in [1.82, 2.24) is 15.5 Å². The van der Waals surface area contributed by atoms with Gasteiger partial charge in [-0.15, -0.1) is 11.3 Å². The highest BCUT2D eigenvalue weighted by molar-refractivity contribution is 7.21. The zero-order chi connectivity index (χ0) is 23.0. The number of hydrogen-bond acceptors (Lipinski definition) is 6. The Morgan fingerprint density at radius 2 is 2.06 bits per heavy atom. The van der Waals surface area contributed by atoms with Gasteiger partial charge in [-0.2, -0.15) is 0 Å². The molecule has 0 aliphatic carbocycles. The summed E-state index contributed by atoms with van der Waals surface area (Å²) < 4.78 is 6.43. The van der Waals surface area contributed by atoms with Gasteiger partial charge in [-0.1, -0.05) is 0 Å². The molecule has 2 atom stereocenters. The minimum absolute atomic E-state index is 0.0304. The number of likely N-dealkylation sites (tertiary alicyclic amines) is 1. The molecule has 32 heavy (non-hydrogen) atoms. The summed E-state index contributed by atoms with van der Waals surface area (Å²) >= 11 is 1.42. The lowest BCUT2D eigenvalue weighted by Gasteiger charge is -2.34. The normalized spacial score (nSPS) is 21.2. The van der Waals surface area contributed by atoms with Crippen molar-refractivity contribution in [3.63, 3.8) is 0 Å². The van der Waals surface area contributed by atoms with E-state index in [0.717, 1.165) is 28.6 Å². The first kappa shape index (κ1) is 22.4. The molecule has 0 bridgehead atoms. The van der Waals surface area contributed by atoms with Crippen LogP contribution in [0.25, 0.3) is 10.1 Å². The van der Waals surface area contributed by atoms with E-state index in [1.54, 1.807) is 11.0 Å². The molecule has 9 heteroatoms. The zero-order valence-electron chi connectivity index (χ0n) is 18.9. The van der Waals surface area contributed by atoms with E-state index in [1.807, 2.05) is 39.8 Å². The molecule has 1 aromatic heterocycles. The summed E-state index contributed by atoms with van der Waals surface area (Å²) in [6, 6.07) is 5.40. The number of fused-ring (bicyclic) bond motifs is 3. The topological polar surface area (TPSA) is 99.8 Å². The number of thiophene rings is 1. The van der Waals surface area contributed by atoms with E-state index in [1.165, 1.54) is 11.3 Å². The van der Waals surface area contributed by atoms with Gasteiger partial charge in [-0.3, -0.25) is 9.59 Å². The smallest absolute Gasteiger partial charge is 0.410 e. The quantitative estimate of drug-likeness (QED) is 0.639. The SMILES string of the molecule is C[C@@H]1CNc2c(sc3ccc(C(=O)NC4CCCN(C(=O)OC(C)(C)C)C4)cc23)C(=O)N1. The van der Waals surface area contributed by atoms with Gasteiger partial charge < -0.3 is 25.6 Å². The van der Waals surface area contributed by atoms with E-state index in [-0.39, 0.29) is 30.0 Å². The van der Waals surface area contributed by atoms with Crippen molar-refractivity contribution < 1.29 is 19.1 Å². The summed E-state index contributed by atoms with van der Waals surface area (Å²) in [6.07, 6.45) is 1.26. The first-order chi connectivity index (χ1) is 15.1. The van der Waals surface area contributed by atoms with Crippen LogP contribution in [0.3, 0.4) is 0 Å². The Morgan fingerprint density at radius 1 is 1.28 bits per heavy atom. The van der Waals surface area contributed by atoms with Crippen LogP contribution >= 0.6 is 11.3 Å². The van der Waals surface area contributed by atoms with Crippen LogP contribution < -0.4 is 16.0 Å². The van der Waals surface area contributed by atoms with Gasteiger partial charge in [0.2, 0.25) is 0 Å². The van der Waals surface area contributed by atoms with E-state index >= 15 is 0 Å². The highest BCUT2D eigenvalue weighted by Gasteiger charge is 2.29. The molecule has 1 saturated heterocycles. The molecule has 4 rings (SSSR count). The Kier molecular flexibility index (Phi) is 6.03. The van der Waals surface area contributed by atoms with Crippen LogP contribution in [0.5, 0.6) is 0 Å². The predicted molar refractivity (Wildman–Crippen MR) is 126 cm³/mol. The van der Waals surface area contributed by atoms with Crippen molar-refractivity contribution in [3.8, 4) is 0 Å². The van der Waals surface area contributed by atoms with Crippen molar-refractivity contribution in [3.05, 3.63) is 28.6 Å². The molecular weight excluding hydrogens is 428 g/mol. The molecule has 172 valence electrons. The molecular formula is C23H30N4O4S. The molecule has 0 radical (unpaired) electrons. The second-order valence-electron chi connectivity index (χ2n) is 9.51. The predicted octanol–water partition coefficient (Wildman–Crippen LogP) is 3.57. The number of rotatable bonds is 2. The summed E-state index contributed by atoms with van der Waals surface area (Å²) in [5.74, 6) is -0.275. The van der Waals surface area contributed by atoms with Crippen LogP contribution in [0, 0.1) is 0 Å². The molecule has 2 aromatic rings. The number of ether oxygens (including phenoxy) is 1. The van der Waals surface area contributed by atoms with Gasteiger partial charge in [-0.05, 0) is 58.7 Å². The Morgan fingerprint density at radius 3 is 2.81 bits per heavy atom. The lowest BCUT2D eigenvalue weighted by Crippen LogP contribution is -2.50. The number of carbonyl (C=O) groups is 3. The summed E-state index contributed by atoms with van der Waals surface area (Å²) in [4.78, 5) is 40.2. The van der Waals surface area contributed by atoms with E-state index in [9.17, 15) is 14.4 Å². The molecule has 0 saturated carbocycles. The molecule has 1 unspecified atom stereocenters. The van der Waals surface area contributed by atoms with Crippen molar-refractivity contribution in [1.29, 1.82) is 0 Å². The third-order valence-electron chi connectivity index (χ3n) is 5.53. The van der Waals surface area contributed by atoms with Gasteiger partial charge in [0.05, 0.1) is 5.69 Å². The molecule has 2 aliphatic rings. The Bertz CT molecular complexity index is 1060. The van der Waals surface area contributed by atoms with Gasteiger partial charge >= 0.3 is 6.09 Å². The molecule has 1 fully saturated rings. The van der Waals surface area contributed by atoms with Crippen molar-refractivity contribution in [2.75, 3.05) is 25.0 Å². The number of hydrogen-bond donors (Lipinski definition) is 3. The second-order valence-corrected chi connectivity index (χ2v) is 10.6. The molecule has 2 aliphatic heterocycles. The molecule has 3 heterocycles. The van der Waals surface area contributed by atoms with Crippen molar-refractivity contribution >= 4 is 45.0 Å². The van der Waals surface area contributed by atoms with Crippen LogP contribution in [-0.2, 0) is 4.74 Å². The average molecular weight is 459 g/mol. The number of nitrogens with zero attached hydrogens (tertiary/aromatic N) is 1. The van der Waals surface area contributed by atoms with Crippen molar-refractivity contribution in [2.24, 2.45) is 0 Å². The maximum Gasteiger partial charge on any atom is 0.410 e. The number of piperidine rings is 1. The summed E-state index contributed by atoms with van der Waals surface area (Å²) in [7, 11) is 0. The Balaban J connectivity index is 1.48. The second kappa shape index (κ2) is 8.61. The number of benzene rings is 1. The van der Waals surface area contributed by atoms with E-state index in [2.05, 4.69) is 16.0 Å². The van der Waals surface area contributed by atoms with Crippen LogP contribution in [-0.4, -0.2) is 60.1 Å². The third-order valence-corrected chi connectivity index (χ3v) is 6.70. The summed E-state index contributed by atoms with van der Waals surface area (Å²) in [5, 5.41) is 10.3. The van der Waals surface area contributed by atoms with Crippen LogP contribution in [0.4, 0.5) is 10.5 Å². The fourth-order valence-electron chi connectivity index (χ4n) is 4.03. The summed E-state index contributed by atoms with van der Waals surface area (Å²) in [6.45, 7) is 9.16. The Hall–Kier alpha value is -2.81. The highest BCUT2D eigenvalue weighted by Crippen LogP contribution is 2.37. The fraction of sp³-hybridized carbons (Fsp3) is 0.522. The highest BCUT2D eigenvalue weighted by atomic mass is 32.1. The van der Waals surface area contributed by atoms with Crippen molar-refractivity contribution in [2.45, 2.75) is 58.2 Å². The zero-order valence-corrected chi connectivity index (χ0v) is 19.7. The largest absolute Gasteiger partial charge is 0.444 e. The minimum Gasteiger partial charge on any atom is -0.444 e. The maximum atomic E-state index is 13.0. The summed E-state index contributed by atoms with van der Waals surface area (Å²) in [5.41, 5.74) is 0.770. The number of anilines is 1. The average Bonchev–Trinajstić information content (AvgIpc) is 3.02. The first-order valence-electron chi connectivity index (χ1n) is 11.0. The lowest BCUT2D eigenvalue weighted by atomic mass is 10.0. The van der Waals surface area contributed by atoms with Gasteiger partial charge in [-0.25, -0.2) is 4.79 Å². The van der Waals surface area contributed by atoms with Gasteiger partial charge in [0.15, 0.2) is 0 Å². The van der Waals surface area contributed by atoms with E-state index in [4.69, 9.17) is 4.74 Å². The molecule has 3 N–H and O–H groups in total. The standard InChI is InChI=1S/C23H30N4O4S/c1-13-11-24-18-16-10-14(7-8-17(16)32-19(18)21(29)25-13)20(28)26-15-6-5-9-27(12-15)22(30)31-23(2,3)4/h7-8,10,13,15,24H,5-6,9,11-12H2,1-4H3,(H,25,29)(H,26,28)/t13-,15?/m1/s1. The monoisotopic (exact) mass is 458 g/mol. The maximum absolute atomic E-state index is 13.0. The number of nitrogens with one attached hydrogen (secondary N) is 3. The van der Waals surface area contributed by atoms with Crippen LogP contribution in [0.2, 0.25) is 0 Å². The van der Waals surface area contributed by atoms with Crippen LogP contribution in [0.15, 0.2) is 18.2 Å². The molecule has 8 nitrogen and oxygen atoms in total. The van der Waals surface area contributed by atoms with Crippen LogP contribution in [0.1, 0.15) is 60.6 Å². The lowest BCUT2D eigenvalue weighted by molar-refractivity contribution is 0.0185. The molecule has 0 spiro atoms.